The monoisotopic (exact) mass is 467 g/mol. The SMILES string of the molecule is CCOC(=O)COc1ccc2c(c1)CC(NC[C@H](O)c1cccc(Cl)c1)CCCC2.Cl. The van der Waals surface area contributed by atoms with Gasteiger partial charge in [0, 0.05) is 17.6 Å². The van der Waals surface area contributed by atoms with Gasteiger partial charge in [-0.1, -0.05) is 36.2 Å². The van der Waals surface area contributed by atoms with Gasteiger partial charge in [-0.05, 0) is 73.6 Å². The minimum absolute atomic E-state index is 0. The third-order valence-electron chi connectivity index (χ3n) is 5.39. The molecule has 2 aromatic rings. The highest BCUT2D eigenvalue weighted by atomic mass is 35.5. The number of aliphatic hydroxyl groups is 1. The topological polar surface area (TPSA) is 67.8 Å². The Balaban J connectivity index is 0.00000341. The first-order chi connectivity index (χ1) is 14.5. The van der Waals surface area contributed by atoms with Crippen molar-refractivity contribution < 1.29 is 19.4 Å². The fourth-order valence-electron chi connectivity index (χ4n) is 3.83. The van der Waals surface area contributed by atoms with Crippen molar-refractivity contribution in [3.05, 3.63) is 64.2 Å². The Morgan fingerprint density at radius 2 is 2.06 bits per heavy atom. The molecule has 1 unspecified atom stereocenters. The fraction of sp³-hybridized carbons (Fsp3) is 0.458. The summed E-state index contributed by atoms with van der Waals surface area (Å²) in [5.74, 6) is 0.318. The van der Waals surface area contributed by atoms with Crippen molar-refractivity contribution in [2.24, 2.45) is 0 Å². The highest BCUT2D eigenvalue weighted by molar-refractivity contribution is 6.30. The molecule has 1 aliphatic carbocycles. The molecule has 0 bridgehead atoms. The molecule has 0 spiro atoms. The van der Waals surface area contributed by atoms with Crippen LogP contribution >= 0.6 is 24.0 Å². The summed E-state index contributed by atoms with van der Waals surface area (Å²) in [6, 6.07) is 13.7. The van der Waals surface area contributed by atoms with Gasteiger partial charge in [-0.15, -0.1) is 12.4 Å². The van der Waals surface area contributed by atoms with Crippen molar-refractivity contribution in [2.75, 3.05) is 19.8 Å². The van der Waals surface area contributed by atoms with Crippen LogP contribution in [0.4, 0.5) is 0 Å². The van der Waals surface area contributed by atoms with E-state index in [-0.39, 0.29) is 31.0 Å². The summed E-state index contributed by atoms with van der Waals surface area (Å²) < 4.78 is 10.5. The molecule has 2 aromatic carbocycles. The highest BCUT2D eigenvalue weighted by Gasteiger charge is 2.18. The maximum Gasteiger partial charge on any atom is 0.344 e. The number of fused-ring (bicyclic) bond motifs is 1. The van der Waals surface area contributed by atoms with Crippen LogP contribution in [0.15, 0.2) is 42.5 Å². The summed E-state index contributed by atoms with van der Waals surface area (Å²) >= 11 is 6.04. The number of halogens is 2. The van der Waals surface area contributed by atoms with Gasteiger partial charge in [0.1, 0.15) is 5.75 Å². The summed E-state index contributed by atoms with van der Waals surface area (Å²) in [5, 5.41) is 14.7. The molecule has 0 amide bonds. The van der Waals surface area contributed by atoms with Crippen LogP contribution in [0.1, 0.15) is 49.0 Å². The number of hydrogen-bond acceptors (Lipinski definition) is 5. The van der Waals surface area contributed by atoms with E-state index in [0.717, 1.165) is 37.7 Å². The van der Waals surface area contributed by atoms with Crippen molar-refractivity contribution >= 4 is 30.0 Å². The average Bonchev–Trinajstić information content (AvgIpc) is 2.72. The molecule has 0 saturated heterocycles. The van der Waals surface area contributed by atoms with Gasteiger partial charge in [-0.2, -0.15) is 0 Å². The number of carbonyl (C=O) groups is 1. The van der Waals surface area contributed by atoms with Crippen LogP contribution in [0.2, 0.25) is 5.02 Å². The first kappa shape index (κ1) is 25.5. The Morgan fingerprint density at radius 1 is 1.23 bits per heavy atom. The molecule has 2 N–H and O–H groups in total. The largest absolute Gasteiger partial charge is 0.482 e. The molecule has 5 nitrogen and oxygen atoms in total. The lowest BCUT2D eigenvalue weighted by Crippen LogP contribution is -2.35. The van der Waals surface area contributed by atoms with Gasteiger partial charge in [0.25, 0.3) is 0 Å². The second-order valence-electron chi connectivity index (χ2n) is 7.65. The van der Waals surface area contributed by atoms with Crippen molar-refractivity contribution in [3.63, 3.8) is 0 Å². The van der Waals surface area contributed by atoms with Gasteiger partial charge in [0.2, 0.25) is 0 Å². The van der Waals surface area contributed by atoms with E-state index in [1.54, 1.807) is 19.1 Å². The molecular formula is C24H31Cl2NO4. The average molecular weight is 468 g/mol. The van der Waals surface area contributed by atoms with Crippen molar-refractivity contribution in [3.8, 4) is 5.75 Å². The van der Waals surface area contributed by atoms with Crippen LogP contribution in [-0.4, -0.2) is 36.9 Å². The molecule has 2 atom stereocenters. The van der Waals surface area contributed by atoms with E-state index in [0.29, 0.717) is 23.9 Å². The van der Waals surface area contributed by atoms with Crippen LogP contribution in [-0.2, 0) is 22.4 Å². The van der Waals surface area contributed by atoms with Crippen molar-refractivity contribution in [2.45, 2.75) is 51.2 Å². The smallest absolute Gasteiger partial charge is 0.344 e. The summed E-state index contributed by atoms with van der Waals surface area (Å²) in [6.07, 6.45) is 4.62. The zero-order valence-electron chi connectivity index (χ0n) is 17.8. The lowest BCUT2D eigenvalue weighted by molar-refractivity contribution is -0.145. The van der Waals surface area contributed by atoms with Gasteiger partial charge in [0.15, 0.2) is 6.61 Å². The highest BCUT2D eigenvalue weighted by Crippen LogP contribution is 2.25. The van der Waals surface area contributed by atoms with Gasteiger partial charge in [-0.25, -0.2) is 4.79 Å². The predicted octanol–water partition coefficient (Wildman–Crippen LogP) is 4.66. The van der Waals surface area contributed by atoms with E-state index < -0.39 is 6.10 Å². The third kappa shape index (κ3) is 8.00. The summed E-state index contributed by atoms with van der Waals surface area (Å²) in [7, 11) is 0. The number of benzene rings is 2. The Bertz CT molecular complexity index is 846. The third-order valence-corrected chi connectivity index (χ3v) is 5.62. The molecule has 0 heterocycles. The molecule has 170 valence electrons. The number of hydrogen-bond donors (Lipinski definition) is 2. The molecule has 31 heavy (non-hydrogen) atoms. The lowest BCUT2D eigenvalue weighted by Gasteiger charge is -2.25. The number of ether oxygens (including phenoxy) is 2. The molecular weight excluding hydrogens is 437 g/mol. The summed E-state index contributed by atoms with van der Waals surface area (Å²) in [5.41, 5.74) is 3.36. The van der Waals surface area contributed by atoms with Gasteiger partial charge in [0.05, 0.1) is 12.7 Å². The zero-order chi connectivity index (χ0) is 21.3. The fourth-order valence-corrected chi connectivity index (χ4v) is 4.03. The summed E-state index contributed by atoms with van der Waals surface area (Å²) in [4.78, 5) is 11.6. The first-order valence-corrected chi connectivity index (χ1v) is 11.0. The van der Waals surface area contributed by atoms with E-state index >= 15 is 0 Å². The second kappa shape index (κ2) is 12.9. The quantitative estimate of drug-likeness (QED) is 0.552. The van der Waals surface area contributed by atoms with E-state index in [1.807, 2.05) is 24.3 Å². The van der Waals surface area contributed by atoms with Gasteiger partial charge >= 0.3 is 5.97 Å². The molecule has 3 rings (SSSR count). The van der Waals surface area contributed by atoms with Crippen LogP contribution < -0.4 is 10.1 Å². The Hall–Kier alpha value is -1.79. The van der Waals surface area contributed by atoms with Crippen LogP contribution in [0.5, 0.6) is 5.75 Å². The number of aliphatic hydroxyl groups excluding tert-OH is 1. The second-order valence-corrected chi connectivity index (χ2v) is 8.09. The summed E-state index contributed by atoms with van der Waals surface area (Å²) in [6.45, 7) is 2.51. The van der Waals surface area contributed by atoms with E-state index in [2.05, 4.69) is 11.4 Å². The maximum atomic E-state index is 11.6. The first-order valence-electron chi connectivity index (χ1n) is 10.6. The molecule has 0 fully saturated rings. The number of carbonyl (C=O) groups excluding carboxylic acids is 1. The van der Waals surface area contributed by atoms with E-state index in [4.69, 9.17) is 21.1 Å². The van der Waals surface area contributed by atoms with E-state index in [1.165, 1.54) is 11.1 Å². The minimum Gasteiger partial charge on any atom is -0.482 e. The molecule has 1 aliphatic rings. The molecule has 0 aliphatic heterocycles. The van der Waals surface area contributed by atoms with Crippen LogP contribution in [0, 0.1) is 0 Å². The number of aryl methyl sites for hydroxylation is 1. The van der Waals surface area contributed by atoms with E-state index in [9.17, 15) is 9.90 Å². The van der Waals surface area contributed by atoms with Gasteiger partial charge in [-0.3, -0.25) is 0 Å². The predicted molar refractivity (Wildman–Crippen MR) is 125 cm³/mol. The van der Waals surface area contributed by atoms with Gasteiger partial charge < -0.3 is 19.9 Å². The molecule has 0 aromatic heterocycles. The molecule has 0 radical (unpaired) electrons. The van der Waals surface area contributed by atoms with Crippen molar-refractivity contribution in [1.29, 1.82) is 0 Å². The Morgan fingerprint density at radius 3 is 2.84 bits per heavy atom. The maximum absolute atomic E-state index is 11.6. The Labute approximate surface area is 195 Å². The number of nitrogens with one attached hydrogen (secondary N) is 1. The standard InChI is InChI=1S/C24H30ClNO4.ClH/c1-2-29-24(28)16-30-22-11-10-17-6-3-4-9-21(13-19(17)14-22)26-15-23(27)18-7-5-8-20(25)12-18;/h5,7-8,10-12,14,21,23,26-27H,2-4,6,9,13,15-16H2,1H3;1H/t21?,23-;/m0./s1. The molecule has 0 saturated carbocycles. The van der Waals surface area contributed by atoms with Crippen LogP contribution in [0.25, 0.3) is 0 Å². The van der Waals surface area contributed by atoms with Crippen molar-refractivity contribution in [1.82, 2.24) is 5.32 Å². The normalized spacial score (nSPS) is 16.8. The lowest BCUT2D eigenvalue weighted by atomic mass is 9.90. The Kier molecular flexibility index (Phi) is 10.6. The minimum atomic E-state index is -0.604. The molecule has 7 heteroatoms. The number of rotatable bonds is 8. The zero-order valence-corrected chi connectivity index (χ0v) is 19.4. The number of esters is 1. The van der Waals surface area contributed by atoms with Crippen LogP contribution in [0.3, 0.4) is 0 Å².